The third-order valence-corrected chi connectivity index (χ3v) is 4.34. The quantitative estimate of drug-likeness (QED) is 0.499. The van der Waals surface area contributed by atoms with Crippen LogP contribution < -0.4 is 11.3 Å². The summed E-state index contributed by atoms with van der Waals surface area (Å²) in [5.41, 5.74) is 4.89. The molecule has 5 heteroatoms. The van der Waals surface area contributed by atoms with Gasteiger partial charge in [0.2, 0.25) is 0 Å². The lowest BCUT2D eigenvalue weighted by Gasteiger charge is -2.16. The Labute approximate surface area is 117 Å². The number of rotatable bonds is 3. The van der Waals surface area contributed by atoms with Gasteiger partial charge in [-0.3, -0.25) is 5.84 Å². The van der Waals surface area contributed by atoms with E-state index in [1.807, 2.05) is 0 Å². The molecule has 2 rings (SSSR count). The van der Waals surface area contributed by atoms with E-state index < -0.39 is 0 Å². The highest BCUT2D eigenvalue weighted by Gasteiger charge is 2.16. The van der Waals surface area contributed by atoms with Crippen molar-refractivity contribution in [3.05, 3.63) is 55.0 Å². The van der Waals surface area contributed by atoms with Crippen LogP contribution in [0, 0.1) is 16.3 Å². The third-order valence-electron chi connectivity index (χ3n) is 2.52. The maximum absolute atomic E-state index is 13.1. The molecule has 2 aromatic rings. The minimum Gasteiger partial charge on any atom is -0.271 e. The first-order valence-corrected chi connectivity index (χ1v) is 7.03. The largest absolute Gasteiger partial charge is 0.271 e. The minimum absolute atomic E-state index is 0.0903. The summed E-state index contributed by atoms with van der Waals surface area (Å²) >= 11 is 3.81. The van der Waals surface area contributed by atoms with E-state index in [1.54, 1.807) is 17.4 Å². The van der Waals surface area contributed by atoms with Crippen LogP contribution in [0.25, 0.3) is 0 Å². The third kappa shape index (κ3) is 2.85. The van der Waals surface area contributed by atoms with E-state index >= 15 is 0 Å². The van der Waals surface area contributed by atoms with Gasteiger partial charge in [0.05, 0.1) is 6.04 Å². The van der Waals surface area contributed by atoms with E-state index in [9.17, 15) is 4.39 Å². The molecule has 0 aliphatic heterocycles. The van der Waals surface area contributed by atoms with Gasteiger partial charge in [0, 0.05) is 8.45 Å². The van der Waals surface area contributed by atoms with Gasteiger partial charge in [-0.15, -0.1) is 11.3 Å². The number of hydrazine groups is 1. The molecule has 2 nitrogen and oxygen atoms in total. The molecule has 0 aliphatic carbocycles. The molecule has 0 bridgehead atoms. The Morgan fingerprint density at radius 3 is 2.71 bits per heavy atom. The lowest BCUT2D eigenvalue weighted by Crippen LogP contribution is -2.29. The number of thiophene rings is 1. The highest BCUT2D eigenvalue weighted by Crippen LogP contribution is 2.29. The van der Waals surface area contributed by atoms with Gasteiger partial charge in [-0.1, -0.05) is 6.07 Å². The predicted molar refractivity (Wildman–Crippen MR) is 77.3 cm³/mol. The highest BCUT2D eigenvalue weighted by atomic mass is 127. The average Bonchev–Trinajstić information content (AvgIpc) is 2.69. The number of nitrogens with one attached hydrogen (secondary N) is 1. The maximum atomic E-state index is 13.1. The lowest BCUT2D eigenvalue weighted by atomic mass is 10.0. The van der Waals surface area contributed by atoms with Crippen molar-refractivity contribution in [3.8, 4) is 0 Å². The van der Waals surface area contributed by atoms with Crippen LogP contribution in [0.3, 0.4) is 0 Å². The SMILES string of the molecule is Cc1cc(C(NN)c2ccc(F)cc2I)cs1. The van der Waals surface area contributed by atoms with Crippen molar-refractivity contribution in [2.45, 2.75) is 13.0 Å². The zero-order valence-corrected chi connectivity index (χ0v) is 12.2. The first-order valence-electron chi connectivity index (χ1n) is 5.08. The number of nitrogens with two attached hydrogens (primary N) is 1. The number of hydrogen-bond acceptors (Lipinski definition) is 3. The highest BCUT2D eigenvalue weighted by molar-refractivity contribution is 14.1. The Balaban J connectivity index is 2.42. The molecule has 0 fully saturated rings. The number of benzene rings is 1. The van der Waals surface area contributed by atoms with Crippen LogP contribution in [0.4, 0.5) is 4.39 Å². The molecular formula is C12H12FIN2S. The van der Waals surface area contributed by atoms with Gasteiger partial charge in [-0.05, 0) is 64.2 Å². The molecule has 17 heavy (non-hydrogen) atoms. The Bertz CT molecular complexity index is 527. The van der Waals surface area contributed by atoms with Crippen molar-refractivity contribution in [2.24, 2.45) is 5.84 Å². The second-order valence-corrected chi connectivity index (χ2v) is 6.03. The second-order valence-electron chi connectivity index (χ2n) is 3.76. The average molecular weight is 362 g/mol. The zero-order valence-electron chi connectivity index (χ0n) is 9.21. The first-order chi connectivity index (χ1) is 8.11. The Kier molecular flexibility index (Phi) is 4.13. The fourth-order valence-corrected chi connectivity index (χ4v) is 3.24. The fourth-order valence-electron chi connectivity index (χ4n) is 1.72. The molecule has 1 unspecified atom stereocenters. The monoisotopic (exact) mass is 362 g/mol. The van der Waals surface area contributed by atoms with E-state index in [0.717, 1.165) is 14.7 Å². The van der Waals surface area contributed by atoms with Gasteiger partial charge in [0.25, 0.3) is 0 Å². The Hall–Kier alpha value is -0.500. The summed E-state index contributed by atoms with van der Waals surface area (Å²) in [6, 6.07) is 6.75. The molecule has 90 valence electrons. The number of aryl methyl sites for hydroxylation is 1. The molecule has 0 aliphatic rings. The maximum Gasteiger partial charge on any atom is 0.124 e. The summed E-state index contributed by atoms with van der Waals surface area (Å²) in [4.78, 5) is 1.23. The van der Waals surface area contributed by atoms with Gasteiger partial charge in [0.1, 0.15) is 5.82 Å². The van der Waals surface area contributed by atoms with Crippen LogP contribution in [0.1, 0.15) is 22.0 Å². The molecule has 0 saturated heterocycles. The van der Waals surface area contributed by atoms with E-state index in [-0.39, 0.29) is 11.9 Å². The number of hydrogen-bond donors (Lipinski definition) is 2. The molecule has 0 radical (unpaired) electrons. The van der Waals surface area contributed by atoms with Gasteiger partial charge in [0.15, 0.2) is 0 Å². The minimum atomic E-state index is -0.226. The van der Waals surface area contributed by atoms with Crippen molar-refractivity contribution < 1.29 is 4.39 Å². The molecule has 1 heterocycles. The zero-order chi connectivity index (χ0) is 12.4. The second kappa shape index (κ2) is 5.43. The van der Waals surface area contributed by atoms with E-state index in [4.69, 9.17) is 5.84 Å². The molecule has 0 saturated carbocycles. The van der Waals surface area contributed by atoms with E-state index in [1.165, 1.54) is 17.0 Å². The Morgan fingerprint density at radius 2 is 2.18 bits per heavy atom. The van der Waals surface area contributed by atoms with Gasteiger partial charge >= 0.3 is 0 Å². The Morgan fingerprint density at radius 1 is 1.41 bits per heavy atom. The molecule has 1 atom stereocenters. The van der Waals surface area contributed by atoms with E-state index in [2.05, 4.69) is 46.4 Å². The van der Waals surface area contributed by atoms with Crippen LogP contribution in [0.15, 0.2) is 29.6 Å². The van der Waals surface area contributed by atoms with Crippen LogP contribution in [0.2, 0.25) is 0 Å². The first kappa shape index (κ1) is 12.9. The summed E-state index contributed by atoms with van der Waals surface area (Å²) in [6.07, 6.45) is 0. The van der Waals surface area contributed by atoms with Crippen molar-refractivity contribution in [1.82, 2.24) is 5.43 Å². The van der Waals surface area contributed by atoms with Crippen LogP contribution >= 0.6 is 33.9 Å². The fraction of sp³-hybridized carbons (Fsp3) is 0.167. The topological polar surface area (TPSA) is 38.0 Å². The molecule has 0 spiro atoms. The van der Waals surface area contributed by atoms with Gasteiger partial charge in [-0.2, -0.15) is 0 Å². The van der Waals surface area contributed by atoms with Crippen molar-refractivity contribution in [2.75, 3.05) is 0 Å². The molecule has 0 amide bonds. The molecular weight excluding hydrogens is 350 g/mol. The van der Waals surface area contributed by atoms with Crippen LogP contribution in [-0.2, 0) is 0 Å². The molecule has 3 N–H and O–H groups in total. The molecule has 1 aromatic heterocycles. The smallest absolute Gasteiger partial charge is 0.124 e. The van der Waals surface area contributed by atoms with Crippen LogP contribution in [0.5, 0.6) is 0 Å². The molecule has 1 aromatic carbocycles. The summed E-state index contributed by atoms with van der Waals surface area (Å²) in [5.74, 6) is 5.38. The van der Waals surface area contributed by atoms with Crippen LogP contribution in [-0.4, -0.2) is 0 Å². The van der Waals surface area contributed by atoms with Crippen molar-refractivity contribution >= 4 is 33.9 Å². The summed E-state index contributed by atoms with van der Waals surface area (Å²) in [6.45, 7) is 2.05. The van der Waals surface area contributed by atoms with Gasteiger partial charge < -0.3 is 0 Å². The number of halogens is 2. The van der Waals surface area contributed by atoms with Crippen molar-refractivity contribution in [3.63, 3.8) is 0 Å². The normalized spacial score (nSPS) is 12.7. The van der Waals surface area contributed by atoms with Gasteiger partial charge in [-0.25, -0.2) is 9.82 Å². The standard InChI is InChI=1S/C12H12FIN2S/c1-7-4-8(6-17-7)12(16-15)10-3-2-9(13)5-11(10)14/h2-6,12,16H,15H2,1H3. The lowest BCUT2D eigenvalue weighted by molar-refractivity contribution is 0.613. The van der Waals surface area contributed by atoms with E-state index in [0.29, 0.717) is 0 Å². The van der Waals surface area contributed by atoms with Crippen molar-refractivity contribution in [1.29, 1.82) is 0 Å². The predicted octanol–water partition coefficient (Wildman–Crippen LogP) is 3.35. The summed E-state index contributed by atoms with van der Waals surface area (Å²) < 4.78 is 13.9. The summed E-state index contributed by atoms with van der Waals surface area (Å²) in [7, 11) is 0. The summed E-state index contributed by atoms with van der Waals surface area (Å²) in [5, 5.41) is 2.07.